The Morgan fingerprint density at radius 2 is 2.20 bits per heavy atom. The summed E-state index contributed by atoms with van der Waals surface area (Å²) in [7, 11) is 0. The summed E-state index contributed by atoms with van der Waals surface area (Å²) in [4.78, 5) is 26.4. The third-order valence-electron chi connectivity index (χ3n) is 3.78. The van der Waals surface area contributed by atoms with Gasteiger partial charge in [-0.1, -0.05) is 11.6 Å². The number of hydrogen-bond donors (Lipinski definition) is 2. The van der Waals surface area contributed by atoms with Gasteiger partial charge < -0.3 is 20.2 Å². The van der Waals surface area contributed by atoms with Gasteiger partial charge in [0.1, 0.15) is 0 Å². The number of halogens is 1. The second-order valence-electron chi connectivity index (χ2n) is 4.95. The summed E-state index contributed by atoms with van der Waals surface area (Å²) in [5.41, 5.74) is 0.991. The van der Waals surface area contributed by atoms with Crippen LogP contribution in [0.3, 0.4) is 0 Å². The highest BCUT2D eigenvalue weighted by molar-refractivity contribution is 6.33. The van der Waals surface area contributed by atoms with E-state index >= 15 is 0 Å². The van der Waals surface area contributed by atoms with Crippen molar-refractivity contribution in [2.75, 3.05) is 31.1 Å². The summed E-state index contributed by atoms with van der Waals surface area (Å²) in [6.07, 6.45) is 0. The minimum atomic E-state index is -1.03. The Bertz CT molecular complexity index is 578. The Morgan fingerprint density at radius 3 is 2.90 bits per heavy atom. The number of carboxylic acid groups (broad SMARTS) is 1. The highest BCUT2D eigenvalue weighted by Gasteiger charge is 2.35. The summed E-state index contributed by atoms with van der Waals surface area (Å²) in [5, 5.41) is 12.0. The molecule has 0 saturated carbocycles. The molecule has 2 N–H and O–H groups in total. The third-order valence-corrected chi connectivity index (χ3v) is 4.09. The van der Waals surface area contributed by atoms with E-state index in [0.29, 0.717) is 19.6 Å². The van der Waals surface area contributed by atoms with E-state index in [2.05, 4.69) is 10.2 Å². The number of hydrogen-bond acceptors (Lipinski definition) is 3. The highest BCUT2D eigenvalue weighted by Crippen LogP contribution is 2.26. The zero-order valence-corrected chi connectivity index (χ0v) is 11.4. The van der Waals surface area contributed by atoms with E-state index in [1.54, 1.807) is 12.1 Å². The maximum absolute atomic E-state index is 11.5. The molecular weight excluding hydrogens is 282 g/mol. The van der Waals surface area contributed by atoms with Crippen LogP contribution in [-0.4, -0.2) is 54.2 Å². The number of piperazine rings is 1. The summed E-state index contributed by atoms with van der Waals surface area (Å²) in [5.74, 6) is -1.03. The number of urea groups is 1. The Kier molecular flexibility index (Phi) is 3.17. The molecule has 1 aromatic rings. The first-order chi connectivity index (χ1) is 9.56. The van der Waals surface area contributed by atoms with Crippen molar-refractivity contribution in [2.24, 2.45) is 0 Å². The molecule has 7 heteroatoms. The molecule has 0 spiro atoms. The Balaban J connectivity index is 1.79. The largest absolute Gasteiger partial charge is 0.478 e. The number of carbonyl (C=O) groups is 2. The first-order valence-corrected chi connectivity index (χ1v) is 6.76. The van der Waals surface area contributed by atoms with Crippen LogP contribution in [0.1, 0.15) is 10.4 Å². The predicted molar refractivity (Wildman–Crippen MR) is 74.5 cm³/mol. The van der Waals surface area contributed by atoms with Crippen LogP contribution in [0.15, 0.2) is 18.2 Å². The molecule has 2 aliphatic heterocycles. The maximum atomic E-state index is 11.5. The number of benzene rings is 1. The molecule has 2 saturated heterocycles. The Morgan fingerprint density at radius 1 is 1.40 bits per heavy atom. The van der Waals surface area contributed by atoms with E-state index in [1.807, 2.05) is 4.90 Å². The van der Waals surface area contributed by atoms with Gasteiger partial charge >= 0.3 is 12.0 Å². The molecule has 0 bridgehead atoms. The molecular formula is C13H14ClN3O3. The van der Waals surface area contributed by atoms with E-state index in [1.165, 1.54) is 6.07 Å². The monoisotopic (exact) mass is 295 g/mol. The molecule has 6 nitrogen and oxygen atoms in total. The number of rotatable bonds is 2. The molecule has 1 unspecified atom stereocenters. The van der Waals surface area contributed by atoms with Gasteiger partial charge in [0.25, 0.3) is 0 Å². The minimum absolute atomic E-state index is 0.00564. The number of nitrogens with one attached hydrogen (secondary N) is 1. The second-order valence-corrected chi connectivity index (χ2v) is 5.36. The van der Waals surface area contributed by atoms with Gasteiger partial charge in [0.15, 0.2) is 0 Å². The van der Waals surface area contributed by atoms with Crippen LogP contribution in [0.4, 0.5) is 10.5 Å². The number of amides is 2. The lowest BCUT2D eigenvalue weighted by atomic mass is 10.1. The van der Waals surface area contributed by atoms with Crippen LogP contribution in [0.5, 0.6) is 0 Å². The van der Waals surface area contributed by atoms with Gasteiger partial charge in [-0.15, -0.1) is 0 Å². The fourth-order valence-electron chi connectivity index (χ4n) is 2.71. The summed E-state index contributed by atoms with van der Waals surface area (Å²) in [6, 6.07) is 5.10. The van der Waals surface area contributed by atoms with Crippen LogP contribution < -0.4 is 10.2 Å². The van der Waals surface area contributed by atoms with Crippen molar-refractivity contribution in [1.82, 2.24) is 10.2 Å². The van der Waals surface area contributed by atoms with Crippen LogP contribution >= 0.6 is 11.6 Å². The summed E-state index contributed by atoms with van der Waals surface area (Å²) < 4.78 is 0. The minimum Gasteiger partial charge on any atom is -0.478 e. The van der Waals surface area contributed by atoms with Crippen molar-refractivity contribution in [3.63, 3.8) is 0 Å². The average molecular weight is 296 g/mol. The average Bonchev–Trinajstić information content (AvgIpc) is 2.79. The number of fused-ring (bicyclic) bond motifs is 1. The van der Waals surface area contributed by atoms with E-state index in [-0.39, 0.29) is 22.7 Å². The van der Waals surface area contributed by atoms with Gasteiger partial charge in [-0.25, -0.2) is 9.59 Å². The lowest BCUT2D eigenvalue weighted by molar-refractivity contribution is 0.0697. The van der Waals surface area contributed by atoms with Crippen molar-refractivity contribution in [2.45, 2.75) is 6.04 Å². The van der Waals surface area contributed by atoms with Gasteiger partial charge in [-0.2, -0.15) is 0 Å². The van der Waals surface area contributed by atoms with Crippen molar-refractivity contribution >= 4 is 29.3 Å². The summed E-state index contributed by atoms with van der Waals surface area (Å²) >= 11 is 5.99. The fraction of sp³-hybridized carbons (Fsp3) is 0.385. The highest BCUT2D eigenvalue weighted by atomic mass is 35.5. The van der Waals surface area contributed by atoms with Crippen molar-refractivity contribution in [1.29, 1.82) is 0 Å². The van der Waals surface area contributed by atoms with Crippen LogP contribution in [0.25, 0.3) is 0 Å². The first kappa shape index (κ1) is 13.1. The van der Waals surface area contributed by atoms with E-state index in [0.717, 1.165) is 12.2 Å². The smallest absolute Gasteiger partial charge is 0.337 e. The molecule has 0 radical (unpaired) electrons. The molecule has 2 amide bonds. The normalized spacial score (nSPS) is 21.6. The lowest BCUT2D eigenvalue weighted by Crippen LogP contribution is -2.52. The Labute approximate surface area is 120 Å². The first-order valence-electron chi connectivity index (χ1n) is 6.38. The van der Waals surface area contributed by atoms with E-state index in [4.69, 9.17) is 16.7 Å². The van der Waals surface area contributed by atoms with Gasteiger partial charge in [-0.05, 0) is 18.2 Å². The topological polar surface area (TPSA) is 72.9 Å². The van der Waals surface area contributed by atoms with Crippen LogP contribution in [0, 0.1) is 0 Å². The third kappa shape index (κ3) is 2.16. The van der Waals surface area contributed by atoms with E-state index in [9.17, 15) is 9.59 Å². The molecule has 0 aromatic heterocycles. The van der Waals surface area contributed by atoms with Gasteiger partial charge in [-0.3, -0.25) is 0 Å². The molecule has 20 heavy (non-hydrogen) atoms. The zero-order chi connectivity index (χ0) is 14.3. The lowest BCUT2D eigenvalue weighted by Gasteiger charge is -2.37. The van der Waals surface area contributed by atoms with Gasteiger partial charge in [0.05, 0.1) is 16.6 Å². The number of anilines is 1. The zero-order valence-electron chi connectivity index (χ0n) is 10.7. The van der Waals surface area contributed by atoms with Crippen LogP contribution in [-0.2, 0) is 0 Å². The second kappa shape index (κ2) is 4.86. The standard InChI is InChI=1S/C13H14ClN3O3/c14-11-5-8(1-2-10(11)12(18)19)16-3-4-17-9(7-16)6-15-13(17)20/h1-2,5,9H,3-4,6-7H2,(H,15,20)(H,18,19). The van der Waals surface area contributed by atoms with E-state index < -0.39 is 5.97 Å². The fourth-order valence-corrected chi connectivity index (χ4v) is 2.97. The molecule has 1 atom stereocenters. The number of nitrogens with zero attached hydrogens (tertiary/aromatic N) is 2. The van der Waals surface area contributed by atoms with Crippen molar-refractivity contribution < 1.29 is 14.7 Å². The van der Waals surface area contributed by atoms with Crippen molar-refractivity contribution in [3.05, 3.63) is 28.8 Å². The molecule has 1 aromatic carbocycles. The molecule has 106 valence electrons. The number of aromatic carboxylic acids is 1. The maximum Gasteiger partial charge on any atom is 0.337 e. The quantitative estimate of drug-likeness (QED) is 0.861. The predicted octanol–water partition coefficient (Wildman–Crippen LogP) is 1.25. The summed E-state index contributed by atoms with van der Waals surface area (Å²) in [6.45, 7) is 2.75. The van der Waals surface area contributed by atoms with Gasteiger partial charge in [0, 0.05) is 31.9 Å². The SMILES string of the molecule is O=C(O)c1ccc(N2CCN3C(=O)NCC3C2)cc1Cl. The number of carbonyl (C=O) groups excluding carboxylic acids is 1. The van der Waals surface area contributed by atoms with Crippen LogP contribution in [0.2, 0.25) is 5.02 Å². The molecule has 2 fully saturated rings. The molecule has 2 aliphatic rings. The Hall–Kier alpha value is -1.95. The molecule has 2 heterocycles. The number of carboxylic acids is 1. The van der Waals surface area contributed by atoms with Crippen molar-refractivity contribution in [3.8, 4) is 0 Å². The van der Waals surface area contributed by atoms with Gasteiger partial charge in [0.2, 0.25) is 0 Å². The molecule has 3 rings (SSSR count). The molecule has 0 aliphatic carbocycles.